The molecular weight excluding hydrogens is 443 g/mol. The molecule has 2 heterocycles. The van der Waals surface area contributed by atoms with E-state index in [0.717, 1.165) is 12.8 Å². The van der Waals surface area contributed by atoms with Crippen molar-refractivity contribution in [2.45, 2.75) is 38.1 Å². The van der Waals surface area contributed by atoms with Crippen LogP contribution >= 0.6 is 0 Å². The van der Waals surface area contributed by atoms with Gasteiger partial charge in [0, 0.05) is 12.1 Å². The van der Waals surface area contributed by atoms with Crippen molar-refractivity contribution in [1.82, 2.24) is 20.1 Å². The van der Waals surface area contributed by atoms with E-state index in [9.17, 15) is 22.4 Å². The highest BCUT2D eigenvalue weighted by atomic mass is 32.2. The first-order chi connectivity index (χ1) is 15.2. The lowest BCUT2D eigenvalue weighted by atomic mass is 10.1. The van der Waals surface area contributed by atoms with Gasteiger partial charge in [0.2, 0.25) is 15.9 Å². The van der Waals surface area contributed by atoms with Crippen LogP contribution in [-0.2, 0) is 27.1 Å². The fourth-order valence-electron chi connectivity index (χ4n) is 3.26. The molecule has 10 nitrogen and oxygen atoms in total. The third-order valence-corrected chi connectivity index (χ3v) is 6.53. The second-order valence-electron chi connectivity index (χ2n) is 8.04. The highest BCUT2D eigenvalue weighted by Crippen LogP contribution is 2.31. The minimum absolute atomic E-state index is 0.00628. The molecule has 2 N–H and O–H groups in total. The van der Waals surface area contributed by atoms with E-state index < -0.39 is 39.6 Å². The first kappa shape index (κ1) is 22.2. The Kier molecular flexibility index (Phi) is 6.15. The van der Waals surface area contributed by atoms with Crippen LogP contribution in [0.25, 0.3) is 0 Å². The molecule has 0 bridgehead atoms. The van der Waals surface area contributed by atoms with Crippen LogP contribution in [0.4, 0.5) is 9.18 Å². The number of hydrogen-bond donors (Lipinski definition) is 2. The standard InChI is InChI=1S/C20H23FN4O6S/c1-12(14-4-5-17(21)18(6-14)30-10-13-2-3-13)24-32(28,29)11-15-7-16(31-23-15)8-25-9-19(26)22-20(25)27/h4-7,12-13,24H,2-3,8-11H2,1H3,(H,22,26,27)/t12-/m1/s1. The molecule has 0 radical (unpaired) electrons. The Morgan fingerprint density at radius 2 is 2.12 bits per heavy atom. The number of aromatic nitrogens is 1. The van der Waals surface area contributed by atoms with Gasteiger partial charge in [-0.3, -0.25) is 10.1 Å². The zero-order valence-corrected chi connectivity index (χ0v) is 18.2. The van der Waals surface area contributed by atoms with E-state index in [1.165, 1.54) is 29.2 Å². The number of rotatable bonds is 10. The van der Waals surface area contributed by atoms with Crippen LogP contribution in [0.5, 0.6) is 5.75 Å². The molecule has 0 spiro atoms. The summed E-state index contributed by atoms with van der Waals surface area (Å²) in [6.07, 6.45) is 2.15. The molecular formula is C20H23FN4O6S. The Morgan fingerprint density at radius 1 is 1.34 bits per heavy atom. The Bertz CT molecular complexity index is 1130. The van der Waals surface area contributed by atoms with Crippen molar-refractivity contribution in [2.75, 3.05) is 13.2 Å². The number of imide groups is 1. The lowest BCUT2D eigenvalue weighted by molar-refractivity contribution is -0.118. The first-order valence-corrected chi connectivity index (χ1v) is 11.8. The van der Waals surface area contributed by atoms with Crippen molar-refractivity contribution in [3.05, 3.63) is 47.1 Å². The van der Waals surface area contributed by atoms with E-state index in [1.807, 2.05) is 0 Å². The molecule has 12 heteroatoms. The monoisotopic (exact) mass is 466 g/mol. The Balaban J connectivity index is 1.36. The van der Waals surface area contributed by atoms with Crippen LogP contribution in [0.1, 0.15) is 42.8 Å². The molecule has 3 amide bonds. The van der Waals surface area contributed by atoms with Gasteiger partial charge in [-0.1, -0.05) is 11.2 Å². The van der Waals surface area contributed by atoms with Crippen LogP contribution in [0.2, 0.25) is 0 Å². The number of carbonyl (C=O) groups excluding carboxylic acids is 2. The zero-order chi connectivity index (χ0) is 22.9. The molecule has 0 unspecified atom stereocenters. The molecule has 2 fully saturated rings. The van der Waals surface area contributed by atoms with Crippen LogP contribution in [0.15, 0.2) is 28.8 Å². The molecule has 32 heavy (non-hydrogen) atoms. The van der Waals surface area contributed by atoms with Crippen LogP contribution in [0, 0.1) is 11.7 Å². The smallest absolute Gasteiger partial charge is 0.324 e. The minimum Gasteiger partial charge on any atom is -0.490 e. The maximum Gasteiger partial charge on any atom is 0.324 e. The highest BCUT2D eigenvalue weighted by Gasteiger charge is 2.28. The van der Waals surface area contributed by atoms with Gasteiger partial charge < -0.3 is 14.2 Å². The summed E-state index contributed by atoms with van der Waals surface area (Å²) in [6.45, 7) is 1.98. The van der Waals surface area contributed by atoms with E-state index in [-0.39, 0.29) is 30.3 Å². The van der Waals surface area contributed by atoms with Gasteiger partial charge in [0.25, 0.3) is 0 Å². The molecule has 1 aromatic carbocycles. The molecule has 1 aliphatic carbocycles. The summed E-state index contributed by atoms with van der Waals surface area (Å²) in [5.41, 5.74) is 0.713. The predicted octanol–water partition coefficient (Wildman–Crippen LogP) is 1.83. The number of amides is 3. The van der Waals surface area contributed by atoms with Crippen molar-refractivity contribution in [3.63, 3.8) is 0 Å². The number of carbonyl (C=O) groups is 2. The zero-order valence-electron chi connectivity index (χ0n) is 17.3. The average Bonchev–Trinajstić information content (AvgIpc) is 3.36. The summed E-state index contributed by atoms with van der Waals surface area (Å²) in [7, 11) is -3.81. The van der Waals surface area contributed by atoms with Gasteiger partial charge >= 0.3 is 6.03 Å². The number of nitrogens with one attached hydrogen (secondary N) is 2. The molecule has 4 rings (SSSR count). The second kappa shape index (κ2) is 8.87. The van der Waals surface area contributed by atoms with Gasteiger partial charge in [-0.25, -0.2) is 22.3 Å². The number of nitrogens with zero attached hydrogens (tertiary/aromatic N) is 2. The predicted molar refractivity (Wildman–Crippen MR) is 109 cm³/mol. The molecule has 1 saturated carbocycles. The molecule has 1 aromatic heterocycles. The summed E-state index contributed by atoms with van der Waals surface area (Å²) >= 11 is 0. The molecule has 172 valence electrons. The summed E-state index contributed by atoms with van der Waals surface area (Å²) in [6, 6.07) is 4.50. The van der Waals surface area contributed by atoms with Crippen molar-refractivity contribution in [2.24, 2.45) is 5.92 Å². The minimum atomic E-state index is -3.81. The van der Waals surface area contributed by atoms with E-state index in [1.54, 1.807) is 6.92 Å². The third-order valence-electron chi connectivity index (χ3n) is 5.14. The van der Waals surface area contributed by atoms with Gasteiger partial charge in [0.1, 0.15) is 18.0 Å². The maximum atomic E-state index is 14.0. The number of ether oxygens (including phenoxy) is 1. The van der Waals surface area contributed by atoms with Crippen molar-refractivity contribution in [3.8, 4) is 5.75 Å². The number of benzene rings is 1. The normalized spacial score (nSPS) is 17.5. The topological polar surface area (TPSA) is 131 Å². The Morgan fingerprint density at radius 3 is 2.81 bits per heavy atom. The summed E-state index contributed by atoms with van der Waals surface area (Å²) in [5.74, 6) is -0.541. The van der Waals surface area contributed by atoms with Gasteiger partial charge in [-0.05, 0) is 43.4 Å². The van der Waals surface area contributed by atoms with E-state index in [4.69, 9.17) is 9.26 Å². The van der Waals surface area contributed by atoms with Crippen LogP contribution in [-0.4, -0.2) is 43.6 Å². The van der Waals surface area contributed by atoms with Gasteiger partial charge in [0.05, 0.1) is 13.2 Å². The van der Waals surface area contributed by atoms with E-state index in [2.05, 4.69) is 15.2 Å². The van der Waals surface area contributed by atoms with Crippen molar-refractivity contribution >= 4 is 22.0 Å². The van der Waals surface area contributed by atoms with Crippen LogP contribution in [0.3, 0.4) is 0 Å². The quantitative estimate of drug-likeness (QED) is 0.511. The number of sulfonamides is 1. The van der Waals surface area contributed by atoms with E-state index >= 15 is 0 Å². The number of hydrogen-bond acceptors (Lipinski definition) is 7. The SMILES string of the molecule is C[C@@H](NS(=O)(=O)Cc1cc(CN2CC(=O)NC2=O)on1)c1ccc(F)c(OCC2CC2)c1. The van der Waals surface area contributed by atoms with Gasteiger partial charge in [0.15, 0.2) is 17.3 Å². The first-order valence-electron chi connectivity index (χ1n) is 10.1. The third kappa shape index (κ3) is 5.62. The number of urea groups is 1. The maximum absolute atomic E-state index is 14.0. The fraction of sp³-hybridized carbons (Fsp3) is 0.450. The lowest BCUT2D eigenvalue weighted by Crippen LogP contribution is -2.28. The Labute approximate surface area is 184 Å². The van der Waals surface area contributed by atoms with E-state index in [0.29, 0.717) is 18.1 Å². The highest BCUT2D eigenvalue weighted by molar-refractivity contribution is 7.88. The summed E-state index contributed by atoms with van der Waals surface area (Å²) < 4.78 is 52.3. The Hall–Kier alpha value is -2.99. The fourth-order valence-corrected chi connectivity index (χ4v) is 4.55. The number of halogens is 1. The second-order valence-corrected chi connectivity index (χ2v) is 9.79. The van der Waals surface area contributed by atoms with Gasteiger partial charge in [-0.2, -0.15) is 0 Å². The molecule has 1 aliphatic heterocycles. The summed E-state index contributed by atoms with van der Waals surface area (Å²) in [5, 5.41) is 5.87. The molecule has 1 atom stereocenters. The van der Waals surface area contributed by atoms with Crippen LogP contribution < -0.4 is 14.8 Å². The molecule has 1 saturated heterocycles. The average molecular weight is 466 g/mol. The molecule has 2 aliphatic rings. The van der Waals surface area contributed by atoms with Crippen molar-refractivity contribution in [1.29, 1.82) is 0 Å². The van der Waals surface area contributed by atoms with Crippen molar-refractivity contribution < 1.29 is 31.7 Å². The molecule has 2 aromatic rings. The summed E-state index contributed by atoms with van der Waals surface area (Å²) in [4.78, 5) is 24.1. The lowest BCUT2D eigenvalue weighted by Gasteiger charge is -2.16. The largest absolute Gasteiger partial charge is 0.490 e. The van der Waals surface area contributed by atoms with Gasteiger partial charge in [-0.15, -0.1) is 0 Å².